The molecule has 0 radical (unpaired) electrons. The number of aromatic amines is 1. The molecule has 0 aliphatic heterocycles. The minimum absolute atomic E-state index is 0.0521. The zero-order valence-electron chi connectivity index (χ0n) is 24.3. The fraction of sp³-hybridized carbons (Fsp3) is 0.273. The van der Waals surface area contributed by atoms with Gasteiger partial charge in [0.05, 0.1) is 12.9 Å². The van der Waals surface area contributed by atoms with Crippen LogP contribution in [-0.4, -0.2) is 57.0 Å². The zero-order valence-corrected chi connectivity index (χ0v) is 24.3. The number of amides is 3. The lowest BCUT2D eigenvalue weighted by atomic mass is 9.84. The standard InChI is InChI=1S/C33H37N5O5/c1-33(2,26-11-7-4-8-12-26)22-35-30(39)20-38(31(40)29(37-32(41)42)17-27-18-34-23-36-27)19-24-13-15-28(16-14-24)43-21-25-9-5-3-6-10-25/h3-16,18,23,29,37H,17,19-22H2,1-2H3,(H,34,36)(H,35,39)(H,41,42)/t29-/m0/s1. The fourth-order valence-corrected chi connectivity index (χ4v) is 4.59. The molecule has 0 aliphatic rings. The van der Waals surface area contributed by atoms with E-state index >= 15 is 0 Å². The second-order valence-electron chi connectivity index (χ2n) is 10.9. The number of ether oxygens (including phenoxy) is 1. The van der Waals surface area contributed by atoms with Crippen LogP contribution < -0.4 is 15.4 Å². The van der Waals surface area contributed by atoms with Crippen molar-refractivity contribution in [2.24, 2.45) is 0 Å². The van der Waals surface area contributed by atoms with Crippen LogP contribution in [0, 0.1) is 0 Å². The van der Waals surface area contributed by atoms with Crippen molar-refractivity contribution in [3.63, 3.8) is 0 Å². The Hall–Kier alpha value is -5.12. The Bertz CT molecular complexity index is 1460. The predicted molar refractivity (Wildman–Crippen MR) is 162 cm³/mol. The summed E-state index contributed by atoms with van der Waals surface area (Å²) in [5.74, 6) is -0.217. The molecule has 43 heavy (non-hydrogen) atoms. The predicted octanol–water partition coefficient (Wildman–Crippen LogP) is 4.29. The number of carbonyl (C=O) groups is 3. The molecular formula is C33H37N5O5. The van der Waals surface area contributed by atoms with Gasteiger partial charge in [0, 0.05) is 36.8 Å². The normalized spacial score (nSPS) is 11.8. The lowest BCUT2D eigenvalue weighted by Gasteiger charge is -2.29. The molecule has 0 fully saturated rings. The SMILES string of the molecule is CC(C)(CNC(=O)CN(Cc1ccc(OCc2ccccc2)cc1)C(=O)[C@H](Cc1cnc[nH]1)NC(=O)O)c1ccccc1. The maximum Gasteiger partial charge on any atom is 0.405 e. The van der Waals surface area contributed by atoms with Gasteiger partial charge in [0.15, 0.2) is 0 Å². The van der Waals surface area contributed by atoms with Crippen LogP contribution in [0.2, 0.25) is 0 Å². The first-order valence-electron chi connectivity index (χ1n) is 14.0. The van der Waals surface area contributed by atoms with E-state index in [9.17, 15) is 19.5 Å². The lowest BCUT2D eigenvalue weighted by molar-refractivity contribution is -0.138. The zero-order chi connectivity index (χ0) is 30.7. The molecule has 4 aromatic rings. The highest BCUT2D eigenvalue weighted by atomic mass is 16.5. The molecule has 0 saturated heterocycles. The van der Waals surface area contributed by atoms with E-state index in [2.05, 4.69) is 20.6 Å². The number of carbonyl (C=O) groups excluding carboxylic acids is 2. The number of aromatic nitrogens is 2. The highest BCUT2D eigenvalue weighted by Crippen LogP contribution is 2.22. The molecule has 1 heterocycles. The van der Waals surface area contributed by atoms with Crippen molar-refractivity contribution in [1.82, 2.24) is 25.5 Å². The first-order valence-corrected chi connectivity index (χ1v) is 14.0. The van der Waals surface area contributed by atoms with Crippen molar-refractivity contribution in [3.8, 4) is 5.75 Å². The van der Waals surface area contributed by atoms with Crippen molar-refractivity contribution in [3.05, 3.63) is 120 Å². The maximum atomic E-state index is 13.8. The monoisotopic (exact) mass is 583 g/mol. The summed E-state index contributed by atoms with van der Waals surface area (Å²) >= 11 is 0. The third kappa shape index (κ3) is 9.46. The molecule has 224 valence electrons. The largest absolute Gasteiger partial charge is 0.489 e. The first-order chi connectivity index (χ1) is 20.7. The smallest absolute Gasteiger partial charge is 0.405 e. The topological polar surface area (TPSA) is 137 Å². The van der Waals surface area contributed by atoms with Gasteiger partial charge < -0.3 is 30.4 Å². The molecule has 4 N–H and O–H groups in total. The van der Waals surface area contributed by atoms with E-state index in [0.717, 1.165) is 16.7 Å². The minimum atomic E-state index is -1.34. The van der Waals surface area contributed by atoms with E-state index in [1.165, 1.54) is 17.4 Å². The molecule has 1 atom stereocenters. The van der Waals surface area contributed by atoms with Crippen LogP contribution in [-0.2, 0) is 34.6 Å². The highest BCUT2D eigenvalue weighted by Gasteiger charge is 2.29. The number of benzene rings is 3. The van der Waals surface area contributed by atoms with Crippen LogP contribution in [0.4, 0.5) is 4.79 Å². The Labute approximate surface area is 251 Å². The Balaban J connectivity index is 1.47. The molecule has 10 nitrogen and oxygen atoms in total. The number of nitrogens with one attached hydrogen (secondary N) is 3. The van der Waals surface area contributed by atoms with E-state index in [1.54, 1.807) is 12.1 Å². The Morgan fingerprint density at radius 1 is 0.953 bits per heavy atom. The number of H-pyrrole nitrogens is 1. The average molecular weight is 584 g/mol. The number of rotatable bonds is 14. The lowest BCUT2D eigenvalue weighted by Crippen LogP contribution is -2.52. The molecule has 0 spiro atoms. The molecule has 3 amide bonds. The molecule has 1 aromatic heterocycles. The van der Waals surface area contributed by atoms with E-state index in [-0.39, 0.29) is 30.8 Å². The Morgan fingerprint density at radius 2 is 1.63 bits per heavy atom. The van der Waals surface area contributed by atoms with E-state index in [0.29, 0.717) is 24.6 Å². The fourth-order valence-electron chi connectivity index (χ4n) is 4.59. The average Bonchev–Trinajstić information content (AvgIpc) is 3.53. The molecule has 10 heteroatoms. The van der Waals surface area contributed by atoms with Gasteiger partial charge in [0.1, 0.15) is 18.4 Å². The van der Waals surface area contributed by atoms with Crippen LogP contribution in [0.1, 0.15) is 36.2 Å². The van der Waals surface area contributed by atoms with Crippen LogP contribution in [0.5, 0.6) is 5.75 Å². The third-order valence-corrected chi connectivity index (χ3v) is 7.05. The van der Waals surface area contributed by atoms with Gasteiger partial charge in [-0.25, -0.2) is 9.78 Å². The van der Waals surface area contributed by atoms with E-state index in [4.69, 9.17) is 4.74 Å². The summed E-state index contributed by atoms with van der Waals surface area (Å²) < 4.78 is 5.88. The van der Waals surface area contributed by atoms with Crippen LogP contribution in [0.3, 0.4) is 0 Å². The van der Waals surface area contributed by atoms with E-state index < -0.39 is 18.0 Å². The van der Waals surface area contributed by atoms with Crippen LogP contribution >= 0.6 is 0 Å². The summed E-state index contributed by atoms with van der Waals surface area (Å²) in [5, 5.41) is 14.7. The summed E-state index contributed by atoms with van der Waals surface area (Å²) in [6.45, 7) is 4.68. The number of carboxylic acid groups (broad SMARTS) is 1. The minimum Gasteiger partial charge on any atom is -0.489 e. The van der Waals surface area contributed by atoms with Gasteiger partial charge in [-0.2, -0.15) is 0 Å². The number of hydrogen-bond acceptors (Lipinski definition) is 5. The second-order valence-corrected chi connectivity index (χ2v) is 10.9. The molecule has 0 unspecified atom stereocenters. The Morgan fingerprint density at radius 3 is 2.26 bits per heavy atom. The van der Waals surface area contributed by atoms with Gasteiger partial charge in [-0.3, -0.25) is 9.59 Å². The molecule has 0 bridgehead atoms. The molecular weight excluding hydrogens is 546 g/mol. The maximum absolute atomic E-state index is 13.8. The summed E-state index contributed by atoms with van der Waals surface area (Å²) in [4.78, 5) is 46.8. The van der Waals surface area contributed by atoms with Gasteiger partial charge in [-0.05, 0) is 28.8 Å². The summed E-state index contributed by atoms with van der Waals surface area (Å²) in [6, 6.07) is 25.8. The van der Waals surface area contributed by atoms with Gasteiger partial charge in [-0.1, -0.05) is 86.6 Å². The Kier molecular flexibility index (Phi) is 10.5. The molecule has 0 saturated carbocycles. The van der Waals surface area contributed by atoms with Gasteiger partial charge in [-0.15, -0.1) is 0 Å². The quantitative estimate of drug-likeness (QED) is 0.175. The molecule has 0 aliphatic carbocycles. The number of imidazole rings is 1. The third-order valence-electron chi connectivity index (χ3n) is 7.05. The van der Waals surface area contributed by atoms with Crippen molar-refractivity contribution < 1.29 is 24.2 Å². The van der Waals surface area contributed by atoms with Gasteiger partial charge >= 0.3 is 6.09 Å². The molecule has 4 rings (SSSR count). The van der Waals surface area contributed by atoms with Crippen molar-refractivity contribution in [2.45, 2.75) is 44.9 Å². The van der Waals surface area contributed by atoms with Gasteiger partial charge in [0.25, 0.3) is 0 Å². The molecule has 3 aromatic carbocycles. The number of hydrogen-bond donors (Lipinski definition) is 4. The van der Waals surface area contributed by atoms with E-state index in [1.807, 2.05) is 86.6 Å². The summed E-state index contributed by atoms with van der Waals surface area (Å²) in [7, 11) is 0. The van der Waals surface area contributed by atoms with Crippen molar-refractivity contribution in [1.29, 1.82) is 0 Å². The summed E-state index contributed by atoms with van der Waals surface area (Å²) in [6.07, 6.45) is 1.70. The van der Waals surface area contributed by atoms with Crippen LogP contribution in [0.25, 0.3) is 0 Å². The highest BCUT2D eigenvalue weighted by molar-refractivity contribution is 5.89. The first kappa shape index (κ1) is 30.8. The second kappa shape index (κ2) is 14.7. The van der Waals surface area contributed by atoms with Crippen molar-refractivity contribution in [2.75, 3.05) is 13.1 Å². The van der Waals surface area contributed by atoms with Gasteiger partial charge in [0.2, 0.25) is 11.8 Å². The van der Waals surface area contributed by atoms with Crippen LogP contribution in [0.15, 0.2) is 97.5 Å². The van der Waals surface area contributed by atoms with Crippen molar-refractivity contribution >= 4 is 17.9 Å². The number of nitrogens with zero attached hydrogens (tertiary/aromatic N) is 2. The summed E-state index contributed by atoms with van der Waals surface area (Å²) in [5.41, 5.74) is 3.12.